The van der Waals surface area contributed by atoms with Crippen molar-refractivity contribution in [1.29, 1.82) is 0 Å². The van der Waals surface area contributed by atoms with Crippen molar-refractivity contribution in [2.45, 2.75) is 6.92 Å². The SMILES string of the molecule is Cc1ccc(C(=O)Oc2ccccc2/C=C2/C(=O)NC(=O)N(c3ccccc3F)C2=O)cc1. The summed E-state index contributed by atoms with van der Waals surface area (Å²) in [5.41, 5.74) is 0.840. The standard InChI is InChI=1S/C25H17FN2O5/c1-15-10-12-16(13-11-15)24(31)33-21-9-5-2-6-17(21)14-18-22(29)27-25(32)28(23(18)30)20-8-4-3-7-19(20)26/h2-14H,1H3,(H,27,29,32)/b18-14-. The van der Waals surface area contributed by atoms with Crippen molar-refractivity contribution < 1.29 is 28.3 Å². The van der Waals surface area contributed by atoms with E-state index in [1.165, 1.54) is 36.4 Å². The molecule has 8 heteroatoms. The highest BCUT2D eigenvalue weighted by Gasteiger charge is 2.38. The fraction of sp³-hybridized carbons (Fsp3) is 0.0400. The number of nitrogens with one attached hydrogen (secondary N) is 1. The van der Waals surface area contributed by atoms with Gasteiger partial charge in [0.15, 0.2) is 0 Å². The number of carbonyl (C=O) groups excluding carboxylic acids is 4. The molecule has 7 nitrogen and oxygen atoms in total. The fourth-order valence-electron chi connectivity index (χ4n) is 3.21. The van der Waals surface area contributed by atoms with E-state index < -0.39 is 35.2 Å². The Hall–Kier alpha value is -4.59. The first-order chi connectivity index (χ1) is 15.8. The Morgan fingerprint density at radius 2 is 1.61 bits per heavy atom. The third-order valence-electron chi connectivity index (χ3n) is 4.90. The summed E-state index contributed by atoms with van der Waals surface area (Å²) in [5.74, 6) is -3.28. The molecular weight excluding hydrogens is 427 g/mol. The van der Waals surface area contributed by atoms with Crippen LogP contribution < -0.4 is 15.0 Å². The molecule has 0 aromatic heterocycles. The molecule has 4 amide bonds. The third kappa shape index (κ3) is 4.40. The number of ether oxygens (including phenoxy) is 1. The maximum atomic E-state index is 14.2. The number of amides is 4. The molecule has 3 aromatic carbocycles. The van der Waals surface area contributed by atoms with Crippen LogP contribution in [0.25, 0.3) is 6.08 Å². The minimum Gasteiger partial charge on any atom is -0.422 e. The number of imide groups is 2. The number of esters is 1. The van der Waals surface area contributed by atoms with Crippen LogP contribution in [0.4, 0.5) is 14.9 Å². The monoisotopic (exact) mass is 444 g/mol. The molecule has 1 saturated heterocycles. The summed E-state index contributed by atoms with van der Waals surface area (Å²) in [6.45, 7) is 1.89. The van der Waals surface area contributed by atoms with Crippen molar-refractivity contribution in [3.8, 4) is 5.75 Å². The number of barbiturate groups is 1. The molecule has 0 unspecified atom stereocenters. The number of para-hydroxylation sites is 2. The van der Waals surface area contributed by atoms with E-state index in [4.69, 9.17) is 4.74 Å². The zero-order chi connectivity index (χ0) is 23.5. The first-order valence-corrected chi connectivity index (χ1v) is 9.89. The summed E-state index contributed by atoms with van der Waals surface area (Å²) < 4.78 is 19.7. The highest BCUT2D eigenvalue weighted by molar-refractivity contribution is 6.39. The summed E-state index contributed by atoms with van der Waals surface area (Å²) in [6.07, 6.45) is 1.19. The highest BCUT2D eigenvalue weighted by Crippen LogP contribution is 2.27. The van der Waals surface area contributed by atoms with Crippen LogP contribution in [0.1, 0.15) is 21.5 Å². The topological polar surface area (TPSA) is 92.8 Å². The van der Waals surface area contributed by atoms with E-state index in [-0.39, 0.29) is 17.0 Å². The van der Waals surface area contributed by atoms with Crippen LogP contribution >= 0.6 is 0 Å². The van der Waals surface area contributed by atoms with Gasteiger partial charge in [0.25, 0.3) is 11.8 Å². The second kappa shape index (κ2) is 8.88. The Morgan fingerprint density at radius 1 is 0.939 bits per heavy atom. The van der Waals surface area contributed by atoms with Gasteiger partial charge in [-0.05, 0) is 43.3 Å². The van der Waals surface area contributed by atoms with Gasteiger partial charge < -0.3 is 4.74 Å². The van der Waals surface area contributed by atoms with Gasteiger partial charge in [0.1, 0.15) is 17.1 Å². The van der Waals surface area contributed by atoms with E-state index in [1.807, 2.05) is 12.2 Å². The first-order valence-electron chi connectivity index (χ1n) is 9.89. The van der Waals surface area contributed by atoms with Gasteiger partial charge in [-0.15, -0.1) is 0 Å². The summed E-state index contributed by atoms with van der Waals surface area (Å²) in [6, 6.07) is 17.2. The lowest BCUT2D eigenvalue weighted by Crippen LogP contribution is -2.54. The lowest BCUT2D eigenvalue weighted by molar-refractivity contribution is -0.122. The Balaban J connectivity index is 1.68. The number of carbonyl (C=O) groups is 4. The normalized spacial score (nSPS) is 14.9. The summed E-state index contributed by atoms with van der Waals surface area (Å²) in [5, 5.41) is 2.03. The van der Waals surface area contributed by atoms with E-state index in [0.29, 0.717) is 10.5 Å². The molecule has 0 radical (unpaired) electrons. The van der Waals surface area contributed by atoms with E-state index in [1.54, 1.807) is 36.4 Å². The maximum Gasteiger partial charge on any atom is 0.343 e. The maximum absolute atomic E-state index is 14.2. The number of aryl methyl sites for hydroxylation is 1. The number of hydrogen-bond donors (Lipinski definition) is 1. The quantitative estimate of drug-likeness (QED) is 0.284. The molecule has 0 atom stereocenters. The number of anilines is 1. The van der Waals surface area contributed by atoms with Gasteiger partial charge in [-0.1, -0.05) is 48.0 Å². The molecule has 3 aromatic rings. The van der Waals surface area contributed by atoms with Crippen LogP contribution in [-0.2, 0) is 9.59 Å². The molecule has 1 aliphatic rings. The molecule has 1 heterocycles. The first kappa shape index (κ1) is 21.6. The lowest BCUT2D eigenvalue weighted by atomic mass is 10.1. The van der Waals surface area contributed by atoms with Gasteiger partial charge in [0.05, 0.1) is 11.3 Å². The largest absolute Gasteiger partial charge is 0.422 e. The predicted octanol–water partition coefficient (Wildman–Crippen LogP) is 4.02. The van der Waals surface area contributed by atoms with Crippen LogP contribution in [0, 0.1) is 12.7 Å². The Labute approximate surface area is 188 Å². The zero-order valence-electron chi connectivity index (χ0n) is 17.4. The fourth-order valence-corrected chi connectivity index (χ4v) is 3.21. The van der Waals surface area contributed by atoms with Gasteiger partial charge in [0.2, 0.25) is 0 Å². The number of rotatable bonds is 4. The van der Waals surface area contributed by atoms with Gasteiger partial charge in [-0.3, -0.25) is 14.9 Å². The molecule has 33 heavy (non-hydrogen) atoms. The minimum absolute atomic E-state index is 0.102. The molecule has 0 spiro atoms. The van der Waals surface area contributed by atoms with E-state index in [2.05, 4.69) is 0 Å². The number of nitrogens with zero attached hydrogens (tertiary/aromatic N) is 1. The Morgan fingerprint density at radius 3 is 2.33 bits per heavy atom. The summed E-state index contributed by atoms with van der Waals surface area (Å²) >= 11 is 0. The molecule has 1 N–H and O–H groups in total. The van der Waals surface area contributed by atoms with Crippen molar-refractivity contribution in [1.82, 2.24) is 5.32 Å². The highest BCUT2D eigenvalue weighted by atomic mass is 19.1. The van der Waals surface area contributed by atoms with Gasteiger partial charge >= 0.3 is 12.0 Å². The molecule has 0 aliphatic carbocycles. The molecule has 1 fully saturated rings. The Bertz CT molecular complexity index is 1310. The second-order valence-corrected chi connectivity index (χ2v) is 7.20. The van der Waals surface area contributed by atoms with Gasteiger partial charge in [0, 0.05) is 5.56 Å². The molecule has 0 bridgehead atoms. The second-order valence-electron chi connectivity index (χ2n) is 7.20. The van der Waals surface area contributed by atoms with Crippen LogP contribution in [0.15, 0.2) is 78.4 Å². The Kier molecular flexibility index (Phi) is 5.82. The smallest absolute Gasteiger partial charge is 0.343 e. The molecule has 164 valence electrons. The average molecular weight is 444 g/mol. The zero-order valence-corrected chi connectivity index (χ0v) is 17.4. The van der Waals surface area contributed by atoms with Crippen LogP contribution in [-0.4, -0.2) is 23.8 Å². The molecule has 4 rings (SSSR count). The molecular formula is C25H17FN2O5. The van der Waals surface area contributed by atoms with Crippen LogP contribution in [0.5, 0.6) is 5.75 Å². The van der Waals surface area contributed by atoms with Crippen molar-refractivity contribution in [3.05, 3.63) is 101 Å². The van der Waals surface area contributed by atoms with E-state index >= 15 is 0 Å². The van der Waals surface area contributed by atoms with Gasteiger partial charge in [-0.2, -0.15) is 0 Å². The van der Waals surface area contributed by atoms with E-state index in [0.717, 1.165) is 11.6 Å². The van der Waals surface area contributed by atoms with Crippen molar-refractivity contribution in [3.63, 3.8) is 0 Å². The number of urea groups is 1. The van der Waals surface area contributed by atoms with Crippen molar-refractivity contribution in [2.75, 3.05) is 4.90 Å². The number of hydrogen-bond acceptors (Lipinski definition) is 5. The summed E-state index contributed by atoms with van der Waals surface area (Å²) in [4.78, 5) is 50.8. The average Bonchev–Trinajstić information content (AvgIpc) is 2.79. The van der Waals surface area contributed by atoms with E-state index in [9.17, 15) is 23.6 Å². The van der Waals surface area contributed by atoms with Crippen LogP contribution in [0.2, 0.25) is 0 Å². The van der Waals surface area contributed by atoms with Crippen molar-refractivity contribution >= 4 is 35.6 Å². The summed E-state index contributed by atoms with van der Waals surface area (Å²) in [7, 11) is 0. The molecule has 1 aliphatic heterocycles. The third-order valence-corrected chi connectivity index (χ3v) is 4.90. The predicted molar refractivity (Wildman–Crippen MR) is 118 cm³/mol. The minimum atomic E-state index is -1.06. The number of benzene rings is 3. The molecule has 0 saturated carbocycles. The van der Waals surface area contributed by atoms with Gasteiger partial charge in [-0.25, -0.2) is 18.9 Å². The van der Waals surface area contributed by atoms with Crippen LogP contribution in [0.3, 0.4) is 0 Å². The van der Waals surface area contributed by atoms with Crippen molar-refractivity contribution in [2.24, 2.45) is 0 Å². The lowest BCUT2D eigenvalue weighted by Gasteiger charge is -2.26. The number of halogens is 1.